The van der Waals surface area contributed by atoms with Crippen LogP contribution in [0.1, 0.15) is 113 Å². The van der Waals surface area contributed by atoms with E-state index in [0.29, 0.717) is 24.0 Å². The summed E-state index contributed by atoms with van der Waals surface area (Å²) >= 11 is 21.5. The minimum Gasteiger partial charge on any atom is -0.478 e. The number of nitrogens with one attached hydrogen (secondary N) is 1. The number of ketones is 1. The van der Waals surface area contributed by atoms with Gasteiger partial charge in [-0.2, -0.15) is 16.8 Å². The monoisotopic (exact) mass is 872 g/mol. The van der Waals surface area contributed by atoms with E-state index in [-0.39, 0.29) is 77.2 Å². The average molecular weight is 874 g/mol. The summed E-state index contributed by atoms with van der Waals surface area (Å²) in [5.74, 6) is -4.13. The number of carbonyl (C=O) groups excluding carboxylic acids is 1. The molecule has 3 aliphatic rings. The molecule has 3 aliphatic heterocycles. The quantitative estimate of drug-likeness (QED) is 0.0755. The van der Waals surface area contributed by atoms with Crippen LogP contribution in [0.25, 0.3) is 5.57 Å². The van der Waals surface area contributed by atoms with Crippen molar-refractivity contribution in [3.8, 4) is 11.5 Å². The molecule has 0 saturated carbocycles. The predicted octanol–water partition coefficient (Wildman–Crippen LogP) is 8.11. The topological polar surface area (TPSA) is 197 Å². The summed E-state index contributed by atoms with van der Waals surface area (Å²) in [5, 5.41) is 12.7. The third-order valence-electron chi connectivity index (χ3n) is 10.1. The molecular weight excluding hydrogens is 835 g/mol. The smallest absolute Gasteiger partial charge is 0.337 e. The molecule has 4 N–H and O–H groups in total. The van der Waals surface area contributed by atoms with E-state index < -0.39 is 69.2 Å². The first-order valence-electron chi connectivity index (χ1n) is 17.2. The molecule has 6 rings (SSSR count). The van der Waals surface area contributed by atoms with Crippen molar-refractivity contribution < 1.29 is 45.4 Å². The summed E-state index contributed by atoms with van der Waals surface area (Å²) in [5.41, 5.74) is -1.87. The van der Waals surface area contributed by atoms with Crippen molar-refractivity contribution >= 4 is 89.8 Å². The van der Waals surface area contributed by atoms with E-state index in [0.717, 1.165) is 11.8 Å². The second-order valence-corrected chi connectivity index (χ2v) is 20.7. The fraction of sp³-hybridized carbons (Fsp3) is 0.432. The number of Topliss-reactive ketones (excluding diaryl/α,β-unsaturated/α-hetero) is 1. The van der Waals surface area contributed by atoms with Gasteiger partial charge in [-0.05, 0) is 75.6 Å². The molecule has 12 nitrogen and oxygen atoms in total. The van der Waals surface area contributed by atoms with Gasteiger partial charge in [0.15, 0.2) is 21.3 Å². The number of ether oxygens (including phenoxy) is 1. The standard InChI is InChI=1S/C37H39Cl3N2O10S3/c1-14(2)21(43)13-53-32-26(39)23(24(35(44)45)25(38)27(32)40)22-19-9-17-15(3)11-36(5,6)41-28(17)33(54(46,47)48)30(19)52-31-20(22)10-18-16(4)12-37(7,8)42-29(18)34(31)55(49,50)51/h9-10,14-16,41H,11-13H2,1-8H3,(H,44,45)(H,46,47,48)(H,49,50,51). The van der Waals surface area contributed by atoms with Crippen molar-refractivity contribution in [1.29, 1.82) is 0 Å². The maximum absolute atomic E-state index is 13.5. The van der Waals surface area contributed by atoms with Gasteiger partial charge >= 0.3 is 5.97 Å². The van der Waals surface area contributed by atoms with Crippen molar-refractivity contribution in [3.63, 3.8) is 0 Å². The summed E-state index contributed by atoms with van der Waals surface area (Å²) in [4.78, 5) is 29.2. The number of thioether (sulfide) groups is 1. The molecule has 0 aliphatic carbocycles. The van der Waals surface area contributed by atoms with Gasteiger partial charge in [0.05, 0.1) is 43.0 Å². The lowest BCUT2D eigenvalue weighted by Gasteiger charge is -2.40. The number of anilines is 1. The van der Waals surface area contributed by atoms with Crippen molar-refractivity contribution in [3.05, 3.63) is 65.6 Å². The van der Waals surface area contributed by atoms with Crippen molar-refractivity contribution in [2.45, 2.75) is 106 Å². The fourth-order valence-electron chi connectivity index (χ4n) is 7.88. The Morgan fingerprint density at radius 1 is 0.927 bits per heavy atom. The second kappa shape index (κ2) is 13.9. The van der Waals surface area contributed by atoms with Crippen LogP contribution in [0.5, 0.6) is 11.5 Å². The van der Waals surface area contributed by atoms with Gasteiger partial charge < -0.3 is 15.2 Å². The first-order chi connectivity index (χ1) is 25.2. The predicted molar refractivity (Wildman–Crippen MR) is 212 cm³/mol. The van der Waals surface area contributed by atoms with E-state index in [1.165, 1.54) is 0 Å². The number of rotatable bonds is 8. The molecule has 55 heavy (non-hydrogen) atoms. The Morgan fingerprint density at radius 2 is 1.53 bits per heavy atom. The molecule has 0 amide bonds. The second-order valence-electron chi connectivity index (χ2n) is 15.9. The van der Waals surface area contributed by atoms with Crippen LogP contribution in [-0.4, -0.2) is 59.6 Å². The number of fused-ring (bicyclic) bond motifs is 4. The molecule has 0 spiro atoms. The zero-order chi connectivity index (χ0) is 41.1. The SMILES string of the molecule is CC(C)C(=O)CSc1c(Cl)c(Cl)c(C(=O)O)c(C2=c3cc4c(c(S(=O)(=O)O)c3Oc3c2cc2c(c3S(=O)(=O)O)NC(C)(C)CC2C)=NC(C)(C)CC4C)c1Cl. The van der Waals surface area contributed by atoms with Gasteiger partial charge in [0.25, 0.3) is 20.2 Å². The Balaban J connectivity index is 1.94. The molecule has 3 aromatic rings. The van der Waals surface area contributed by atoms with Crippen LogP contribution in [-0.2, 0) is 25.0 Å². The Morgan fingerprint density at radius 3 is 2.09 bits per heavy atom. The summed E-state index contributed by atoms with van der Waals surface area (Å²) in [7, 11) is -10.5. The number of carbonyl (C=O) groups is 2. The third-order valence-corrected chi connectivity index (χ3v) is 14.5. The Bertz CT molecular complexity index is 2610. The minimum atomic E-state index is -5.24. The molecule has 3 aromatic carbocycles. The first-order valence-corrected chi connectivity index (χ1v) is 22.2. The van der Waals surface area contributed by atoms with E-state index in [1.807, 2.05) is 27.7 Å². The molecule has 2 atom stereocenters. The van der Waals surface area contributed by atoms with Crippen LogP contribution >= 0.6 is 46.6 Å². The number of hydrogen-bond acceptors (Lipinski definition) is 10. The van der Waals surface area contributed by atoms with E-state index in [2.05, 4.69) is 10.3 Å². The van der Waals surface area contributed by atoms with Gasteiger partial charge in [-0.1, -0.05) is 62.5 Å². The van der Waals surface area contributed by atoms with Crippen molar-refractivity contribution in [2.75, 3.05) is 11.1 Å². The van der Waals surface area contributed by atoms with Crippen LogP contribution in [0.3, 0.4) is 0 Å². The fourth-order valence-corrected chi connectivity index (χ4v) is 11.7. The lowest BCUT2D eigenvalue weighted by Crippen LogP contribution is -2.39. The van der Waals surface area contributed by atoms with Gasteiger partial charge in [0, 0.05) is 38.3 Å². The van der Waals surface area contributed by atoms with Gasteiger partial charge in [-0.25, -0.2) is 4.79 Å². The number of carboxylic acid groups (broad SMARTS) is 1. The Kier molecular flexibility index (Phi) is 10.5. The molecule has 0 saturated heterocycles. The first kappa shape index (κ1) is 41.7. The van der Waals surface area contributed by atoms with E-state index in [4.69, 9.17) is 39.5 Å². The highest BCUT2D eigenvalue weighted by molar-refractivity contribution is 8.00. The molecule has 0 fully saturated rings. The van der Waals surface area contributed by atoms with Crippen molar-refractivity contribution in [2.24, 2.45) is 10.9 Å². The summed E-state index contributed by atoms with van der Waals surface area (Å²) < 4.78 is 82.3. The highest BCUT2D eigenvalue weighted by Crippen LogP contribution is 2.54. The molecule has 3 heterocycles. The summed E-state index contributed by atoms with van der Waals surface area (Å²) in [6, 6.07) is 3.13. The Hall–Kier alpha value is -2.89. The zero-order valence-electron chi connectivity index (χ0n) is 31.0. The summed E-state index contributed by atoms with van der Waals surface area (Å²) in [6.45, 7) is 14.3. The molecule has 0 aromatic heterocycles. The maximum atomic E-state index is 13.5. The number of halogens is 3. The van der Waals surface area contributed by atoms with Crippen LogP contribution in [0.15, 0.2) is 31.8 Å². The normalized spacial score (nSPS) is 19.6. The molecule has 296 valence electrons. The maximum Gasteiger partial charge on any atom is 0.337 e. The third kappa shape index (κ3) is 7.28. The van der Waals surface area contributed by atoms with E-state index >= 15 is 0 Å². The molecular formula is C37H39Cl3N2O10S3. The lowest BCUT2D eigenvalue weighted by atomic mass is 9.79. The average Bonchev–Trinajstić information content (AvgIpc) is 3.01. The number of carboxylic acids is 1. The Labute approximate surface area is 338 Å². The highest BCUT2D eigenvalue weighted by Gasteiger charge is 2.43. The van der Waals surface area contributed by atoms with Gasteiger partial charge in [-0.3, -0.25) is 18.9 Å². The van der Waals surface area contributed by atoms with E-state index in [9.17, 15) is 40.6 Å². The van der Waals surface area contributed by atoms with Crippen LogP contribution < -0.4 is 20.6 Å². The number of hydrogen-bond donors (Lipinski definition) is 4. The van der Waals surface area contributed by atoms with Crippen LogP contribution in [0.4, 0.5) is 5.69 Å². The number of benzene rings is 3. The van der Waals surface area contributed by atoms with Gasteiger partial charge in [0.2, 0.25) is 0 Å². The molecule has 0 radical (unpaired) electrons. The minimum absolute atomic E-state index is 0.0132. The molecule has 2 unspecified atom stereocenters. The van der Waals surface area contributed by atoms with Crippen molar-refractivity contribution in [1.82, 2.24) is 0 Å². The number of nitrogens with zero attached hydrogens (tertiary/aromatic N) is 1. The van der Waals surface area contributed by atoms with Gasteiger partial charge in [0.1, 0.15) is 5.78 Å². The molecule has 0 bridgehead atoms. The van der Waals surface area contributed by atoms with Crippen LogP contribution in [0, 0.1) is 5.92 Å². The largest absolute Gasteiger partial charge is 0.478 e. The zero-order valence-corrected chi connectivity index (χ0v) is 35.7. The van der Waals surface area contributed by atoms with E-state index in [1.54, 1.807) is 39.8 Å². The summed E-state index contributed by atoms with van der Waals surface area (Å²) in [6.07, 6.45) is 0.957. The number of aromatic carboxylic acids is 1. The van der Waals surface area contributed by atoms with Gasteiger partial charge in [-0.15, -0.1) is 11.8 Å². The van der Waals surface area contributed by atoms with Crippen LogP contribution in [0.2, 0.25) is 15.1 Å². The lowest BCUT2D eigenvalue weighted by molar-refractivity contribution is -0.119. The highest BCUT2D eigenvalue weighted by atomic mass is 35.5. The molecule has 18 heteroatoms.